The zero-order valence-corrected chi connectivity index (χ0v) is 13.8. The molecule has 1 aliphatic rings. The van der Waals surface area contributed by atoms with Gasteiger partial charge in [0.1, 0.15) is 0 Å². The first-order valence-electron chi connectivity index (χ1n) is 8.49. The van der Waals surface area contributed by atoms with E-state index >= 15 is 0 Å². The quantitative estimate of drug-likeness (QED) is 0.844. The van der Waals surface area contributed by atoms with Crippen LogP contribution < -0.4 is 0 Å². The average molecular weight is 308 g/mol. The SMILES string of the molecule is CC[C@](C#N)(CCN1CCOCC1)c1cccc2ccccc12. The van der Waals surface area contributed by atoms with Crippen molar-refractivity contribution in [3.05, 3.63) is 48.0 Å². The van der Waals surface area contributed by atoms with E-state index in [4.69, 9.17) is 4.74 Å². The van der Waals surface area contributed by atoms with Gasteiger partial charge in [0.15, 0.2) is 0 Å². The summed E-state index contributed by atoms with van der Waals surface area (Å²) < 4.78 is 5.42. The number of nitriles is 1. The van der Waals surface area contributed by atoms with Gasteiger partial charge in [-0.1, -0.05) is 49.4 Å². The fourth-order valence-corrected chi connectivity index (χ4v) is 3.51. The van der Waals surface area contributed by atoms with Crippen molar-refractivity contribution >= 4 is 10.8 Å². The van der Waals surface area contributed by atoms with Crippen LogP contribution in [0.3, 0.4) is 0 Å². The Balaban J connectivity index is 1.91. The van der Waals surface area contributed by atoms with Gasteiger partial charge in [-0.05, 0) is 29.2 Å². The molecule has 1 heterocycles. The molecule has 1 atom stereocenters. The summed E-state index contributed by atoms with van der Waals surface area (Å²) in [5, 5.41) is 12.4. The number of morpholine rings is 1. The molecule has 0 saturated carbocycles. The Bertz CT molecular complexity index is 695. The summed E-state index contributed by atoms with van der Waals surface area (Å²) in [7, 11) is 0. The molecular formula is C20H24N2O. The number of ether oxygens (including phenoxy) is 1. The molecule has 120 valence electrons. The highest BCUT2D eigenvalue weighted by Gasteiger charge is 2.32. The smallest absolute Gasteiger partial charge is 0.0837 e. The van der Waals surface area contributed by atoms with Crippen molar-refractivity contribution in [2.45, 2.75) is 25.2 Å². The van der Waals surface area contributed by atoms with Gasteiger partial charge >= 0.3 is 0 Å². The summed E-state index contributed by atoms with van der Waals surface area (Å²) in [6, 6.07) is 17.4. The van der Waals surface area contributed by atoms with E-state index in [0.29, 0.717) is 0 Å². The molecule has 3 rings (SSSR count). The van der Waals surface area contributed by atoms with Gasteiger partial charge in [-0.15, -0.1) is 0 Å². The van der Waals surface area contributed by atoms with Gasteiger partial charge in [0, 0.05) is 19.6 Å². The zero-order chi connectivity index (χ0) is 16.1. The largest absolute Gasteiger partial charge is 0.379 e. The molecule has 3 heteroatoms. The molecule has 0 spiro atoms. The van der Waals surface area contributed by atoms with Gasteiger partial charge in [0.05, 0.1) is 24.7 Å². The van der Waals surface area contributed by atoms with E-state index in [0.717, 1.165) is 45.7 Å². The van der Waals surface area contributed by atoms with Crippen LogP contribution in [0.4, 0.5) is 0 Å². The van der Waals surface area contributed by atoms with Crippen molar-refractivity contribution < 1.29 is 4.74 Å². The van der Waals surface area contributed by atoms with E-state index in [9.17, 15) is 5.26 Å². The van der Waals surface area contributed by atoms with Crippen LogP contribution in [0.15, 0.2) is 42.5 Å². The van der Waals surface area contributed by atoms with Crippen LogP contribution in [0.1, 0.15) is 25.3 Å². The van der Waals surface area contributed by atoms with Gasteiger partial charge in [-0.2, -0.15) is 5.26 Å². The number of nitrogens with zero attached hydrogens (tertiary/aromatic N) is 2. The molecule has 0 bridgehead atoms. The monoisotopic (exact) mass is 308 g/mol. The molecule has 1 fully saturated rings. The summed E-state index contributed by atoms with van der Waals surface area (Å²) >= 11 is 0. The molecule has 2 aromatic rings. The maximum absolute atomic E-state index is 10.0. The van der Waals surface area contributed by atoms with Crippen LogP contribution in [0.25, 0.3) is 10.8 Å². The predicted molar refractivity (Wildman–Crippen MR) is 93.4 cm³/mol. The lowest BCUT2D eigenvalue weighted by molar-refractivity contribution is 0.0354. The minimum Gasteiger partial charge on any atom is -0.379 e. The van der Waals surface area contributed by atoms with Crippen molar-refractivity contribution in [3.63, 3.8) is 0 Å². The third-order valence-corrected chi connectivity index (χ3v) is 5.08. The first kappa shape index (κ1) is 16.0. The number of fused-ring (bicyclic) bond motifs is 1. The Morgan fingerprint density at radius 3 is 2.61 bits per heavy atom. The highest BCUT2D eigenvalue weighted by molar-refractivity contribution is 5.87. The number of rotatable bonds is 5. The van der Waals surface area contributed by atoms with Crippen LogP contribution in [-0.4, -0.2) is 37.7 Å². The second-order valence-electron chi connectivity index (χ2n) is 6.28. The van der Waals surface area contributed by atoms with Crippen molar-refractivity contribution in [3.8, 4) is 6.07 Å². The minimum absolute atomic E-state index is 0.417. The Hall–Kier alpha value is -1.89. The molecule has 23 heavy (non-hydrogen) atoms. The molecule has 2 aromatic carbocycles. The molecule has 0 aliphatic carbocycles. The molecule has 3 nitrogen and oxygen atoms in total. The van der Waals surface area contributed by atoms with Crippen LogP contribution >= 0.6 is 0 Å². The molecule has 1 saturated heterocycles. The molecule has 0 aromatic heterocycles. The second-order valence-corrected chi connectivity index (χ2v) is 6.28. The topological polar surface area (TPSA) is 36.3 Å². The van der Waals surface area contributed by atoms with Crippen LogP contribution in [-0.2, 0) is 10.2 Å². The van der Waals surface area contributed by atoms with E-state index in [2.05, 4.69) is 60.4 Å². The molecule has 0 radical (unpaired) electrons. The Morgan fingerprint density at radius 2 is 1.87 bits per heavy atom. The standard InChI is InChI=1S/C20H24N2O/c1-2-20(16-21,10-11-22-12-14-23-15-13-22)19-9-5-7-17-6-3-4-8-18(17)19/h3-9H,2,10-15H2,1H3/t20-/m1/s1. The Morgan fingerprint density at radius 1 is 1.13 bits per heavy atom. The number of benzene rings is 2. The van der Waals surface area contributed by atoms with Crippen molar-refractivity contribution in [1.29, 1.82) is 5.26 Å². The Labute approximate surface area is 138 Å². The number of hydrogen-bond acceptors (Lipinski definition) is 3. The highest BCUT2D eigenvalue weighted by atomic mass is 16.5. The Kier molecular flexibility index (Phi) is 4.95. The maximum atomic E-state index is 10.0. The predicted octanol–water partition coefficient (Wildman–Crippen LogP) is 3.73. The van der Waals surface area contributed by atoms with Crippen molar-refractivity contribution in [2.24, 2.45) is 0 Å². The zero-order valence-electron chi connectivity index (χ0n) is 13.8. The molecule has 0 N–H and O–H groups in total. The lowest BCUT2D eigenvalue weighted by atomic mass is 9.74. The average Bonchev–Trinajstić information content (AvgIpc) is 2.64. The van der Waals surface area contributed by atoms with E-state index in [1.165, 1.54) is 16.3 Å². The number of hydrogen-bond donors (Lipinski definition) is 0. The van der Waals surface area contributed by atoms with E-state index < -0.39 is 5.41 Å². The normalized spacial score (nSPS) is 18.4. The lowest BCUT2D eigenvalue weighted by Gasteiger charge is -2.32. The fourth-order valence-electron chi connectivity index (χ4n) is 3.51. The second kappa shape index (κ2) is 7.12. The third-order valence-electron chi connectivity index (χ3n) is 5.08. The highest BCUT2D eigenvalue weighted by Crippen LogP contribution is 2.36. The van der Waals surface area contributed by atoms with E-state index in [1.54, 1.807) is 0 Å². The van der Waals surface area contributed by atoms with Crippen LogP contribution in [0, 0.1) is 11.3 Å². The first-order valence-corrected chi connectivity index (χ1v) is 8.49. The van der Waals surface area contributed by atoms with Gasteiger partial charge in [-0.3, -0.25) is 4.90 Å². The van der Waals surface area contributed by atoms with Crippen molar-refractivity contribution in [1.82, 2.24) is 4.90 Å². The van der Waals surface area contributed by atoms with E-state index in [-0.39, 0.29) is 0 Å². The van der Waals surface area contributed by atoms with E-state index in [1.807, 2.05) is 0 Å². The maximum Gasteiger partial charge on any atom is 0.0837 e. The summed E-state index contributed by atoms with van der Waals surface area (Å²) in [5.41, 5.74) is 0.757. The molecule has 0 unspecified atom stereocenters. The van der Waals surface area contributed by atoms with Gasteiger partial charge in [0.2, 0.25) is 0 Å². The van der Waals surface area contributed by atoms with Crippen molar-refractivity contribution in [2.75, 3.05) is 32.8 Å². The van der Waals surface area contributed by atoms with Crippen LogP contribution in [0.5, 0.6) is 0 Å². The molecule has 1 aliphatic heterocycles. The van der Waals surface area contributed by atoms with Gasteiger partial charge < -0.3 is 4.74 Å². The fraction of sp³-hybridized carbons (Fsp3) is 0.450. The summed E-state index contributed by atoms with van der Waals surface area (Å²) in [5.74, 6) is 0. The van der Waals surface area contributed by atoms with Gasteiger partial charge in [-0.25, -0.2) is 0 Å². The summed E-state index contributed by atoms with van der Waals surface area (Å²) in [6.07, 6.45) is 1.70. The summed E-state index contributed by atoms with van der Waals surface area (Å²) in [4.78, 5) is 2.41. The summed E-state index contributed by atoms with van der Waals surface area (Å²) in [6.45, 7) is 6.64. The van der Waals surface area contributed by atoms with Crippen LogP contribution in [0.2, 0.25) is 0 Å². The molecular weight excluding hydrogens is 284 g/mol. The minimum atomic E-state index is -0.417. The first-order chi connectivity index (χ1) is 11.3. The lowest BCUT2D eigenvalue weighted by Crippen LogP contribution is -2.39. The van der Waals surface area contributed by atoms with Gasteiger partial charge in [0.25, 0.3) is 0 Å². The third kappa shape index (κ3) is 3.24. The molecule has 0 amide bonds.